The van der Waals surface area contributed by atoms with Crippen LogP contribution in [0.5, 0.6) is 0 Å². The standard InChI is InChI=1S/C17H25N3O/c1-4-11-20-14-10-8-7-9-13(14)19-16(20)12-15(21)17(18,5-2)6-3/h7-10H,4-6,11-12,18H2,1-3H3. The summed E-state index contributed by atoms with van der Waals surface area (Å²) < 4.78 is 2.15. The number of hydrogen-bond acceptors (Lipinski definition) is 3. The second-order valence-electron chi connectivity index (χ2n) is 5.63. The molecule has 0 fully saturated rings. The molecule has 1 aromatic carbocycles. The molecule has 2 N–H and O–H groups in total. The van der Waals surface area contributed by atoms with Gasteiger partial charge in [-0.2, -0.15) is 0 Å². The highest BCUT2D eigenvalue weighted by molar-refractivity contribution is 5.90. The molecule has 0 spiro atoms. The molecule has 0 bridgehead atoms. The zero-order chi connectivity index (χ0) is 15.5. The molecule has 21 heavy (non-hydrogen) atoms. The fourth-order valence-electron chi connectivity index (χ4n) is 2.70. The molecule has 1 aromatic heterocycles. The van der Waals surface area contributed by atoms with Gasteiger partial charge in [-0.15, -0.1) is 0 Å². The predicted octanol–water partition coefficient (Wildman–Crippen LogP) is 3.08. The Hall–Kier alpha value is -1.68. The molecule has 0 saturated heterocycles. The van der Waals surface area contributed by atoms with E-state index >= 15 is 0 Å². The average Bonchev–Trinajstić information content (AvgIpc) is 2.84. The van der Waals surface area contributed by atoms with Gasteiger partial charge in [0.2, 0.25) is 0 Å². The SMILES string of the molecule is CCCn1c(CC(=O)C(N)(CC)CC)nc2ccccc21. The Morgan fingerprint density at radius 1 is 1.24 bits per heavy atom. The lowest BCUT2D eigenvalue weighted by atomic mass is 9.87. The van der Waals surface area contributed by atoms with Gasteiger partial charge in [-0.3, -0.25) is 4.79 Å². The third-order valence-electron chi connectivity index (χ3n) is 4.32. The summed E-state index contributed by atoms with van der Waals surface area (Å²) in [4.78, 5) is 17.2. The lowest BCUT2D eigenvalue weighted by molar-refractivity contribution is -0.123. The predicted molar refractivity (Wildman–Crippen MR) is 86.2 cm³/mol. The van der Waals surface area contributed by atoms with Crippen molar-refractivity contribution in [2.75, 3.05) is 0 Å². The highest BCUT2D eigenvalue weighted by Crippen LogP contribution is 2.20. The number of carbonyl (C=O) groups is 1. The van der Waals surface area contributed by atoms with Gasteiger partial charge in [-0.05, 0) is 31.4 Å². The molecule has 0 aliphatic heterocycles. The van der Waals surface area contributed by atoms with Crippen LogP contribution in [0.4, 0.5) is 0 Å². The number of ketones is 1. The van der Waals surface area contributed by atoms with Crippen LogP contribution in [0.2, 0.25) is 0 Å². The van der Waals surface area contributed by atoms with E-state index in [0.29, 0.717) is 19.3 Å². The van der Waals surface area contributed by atoms with Crippen LogP contribution in [0.1, 0.15) is 45.9 Å². The molecular weight excluding hydrogens is 262 g/mol. The highest BCUT2D eigenvalue weighted by atomic mass is 16.1. The van der Waals surface area contributed by atoms with E-state index in [1.165, 1.54) is 0 Å². The molecule has 114 valence electrons. The van der Waals surface area contributed by atoms with E-state index in [2.05, 4.69) is 22.5 Å². The number of Topliss-reactive ketones (excluding diaryl/α,β-unsaturated/α-hetero) is 1. The van der Waals surface area contributed by atoms with Crippen molar-refractivity contribution in [2.24, 2.45) is 5.73 Å². The highest BCUT2D eigenvalue weighted by Gasteiger charge is 2.30. The summed E-state index contributed by atoms with van der Waals surface area (Å²) in [6.07, 6.45) is 2.65. The minimum absolute atomic E-state index is 0.0835. The molecule has 0 amide bonds. The third kappa shape index (κ3) is 3.00. The van der Waals surface area contributed by atoms with Crippen LogP contribution in [0.3, 0.4) is 0 Å². The number of nitrogens with zero attached hydrogens (tertiary/aromatic N) is 2. The summed E-state index contributed by atoms with van der Waals surface area (Å²) >= 11 is 0. The van der Waals surface area contributed by atoms with Gasteiger partial charge in [-0.1, -0.05) is 32.9 Å². The van der Waals surface area contributed by atoms with E-state index < -0.39 is 5.54 Å². The van der Waals surface area contributed by atoms with E-state index in [4.69, 9.17) is 5.73 Å². The van der Waals surface area contributed by atoms with E-state index in [9.17, 15) is 4.79 Å². The van der Waals surface area contributed by atoms with Gasteiger partial charge in [0, 0.05) is 6.54 Å². The summed E-state index contributed by atoms with van der Waals surface area (Å²) in [7, 11) is 0. The molecular formula is C17H25N3O. The summed E-state index contributed by atoms with van der Waals surface area (Å²) in [5, 5.41) is 0. The Morgan fingerprint density at radius 3 is 2.52 bits per heavy atom. The lowest BCUT2D eigenvalue weighted by Gasteiger charge is -2.24. The first-order valence-electron chi connectivity index (χ1n) is 7.82. The van der Waals surface area contributed by atoms with Crippen molar-refractivity contribution in [2.45, 2.75) is 58.5 Å². The number of hydrogen-bond donors (Lipinski definition) is 1. The number of imidazole rings is 1. The zero-order valence-electron chi connectivity index (χ0n) is 13.2. The molecule has 4 heteroatoms. The first-order valence-corrected chi connectivity index (χ1v) is 7.82. The fourth-order valence-corrected chi connectivity index (χ4v) is 2.70. The first-order chi connectivity index (χ1) is 10.1. The number of aromatic nitrogens is 2. The largest absolute Gasteiger partial charge is 0.328 e. The van der Waals surface area contributed by atoms with Gasteiger partial charge in [0.15, 0.2) is 5.78 Å². The molecule has 0 unspecified atom stereocenters. The number of carbonyl (C=O) groups excluding carboxylic acids is 1. The topological polar surface area (TPSA) is 60.9 Å². The minimum Gasteiger partial charge on any atom is -0.328 e. The van der Waals surface area contributed by atoms with Crippen LogP contribution < -0.4 is 5.73 Å². The molecule has 4 nitrogen and oxygen atoms in total. The van der Waals surface area contributed by atoms with Crippen molar-refractivity contribution < 1.29 is 4.79 Å². The second kappa shape index (κ2) is 6.39. The fraction of sp³-hybridized carbons (Fsp3) is 0.529. The van der Waals surface area contributed by atoms with Crippen molar-refractivity contribution in [1.82, 2.24) is 9.55 Å². The molecule has 2 aromatic rings. The number of benzene rings is 1. The van der Waals surface area contributed by atoms with Gasteiger partial charge in [0.25, 0.3) is 0 Å². The molecule has 2 rings (SSSR count). The number of para-hydroxylation sites is 2. The van der Waals surface area contributed by atoms with Crippen molar-refractivity contribution in [3.63, 3.8) is 0 Å². The first kappa shape index (κ1) is 15.7. The third-order valence-corrected chi connectivity index (χ3v) is 4.32. The Kier molecular flexibility index (Phi) is 4.78. The summed E-state index contributed by atoms with van der Waals surface area (Å²) in [6.45, 7) is 6.94. The maximum Gasteiger partial charge on any atom is 0.160 e. The van der Waals surface area contributed by atoms with Crippen molar-refractivity contribution in [1.29, 1.82) is 0 Å². The van der Waals surface area contributed by atoms with Crippen molar-refractivity contribution in [3.8, 4) is 0 Å². The molecule has 0 radical (unpaired) electrons. The quantitative estimate of drug-likeness (QED) is 0.851. The van der Waals surface area contributed by atoms with Crippen molar-refractivity contribution >= 4 is 16.8 Å². The van der Waals surface area contributed by atoms with Crippen LogP contribution in [-0.4, -0.2) is 20.9 Å². The average molecular weight is 287 g/mol. The lowest BCUT2D eigenvalue weighted by Crippen LogP contribution is -2.47. The summed E-state index contributed by atoms with van der Waals surface area (Å²) in [5.74, 6) is 0.917. The molecule has 1 heterocycles. The monoisotopic (exact) mass is 287 g/mol. The molecule has 0 atom stereocenters. The second-order valence-corrected chi connectivity index (χ2v) is 5.63. The Balaban J connectivity index is 2.37. The van der Waals surface area contributed by atoms with E-state index in [1.807, 2.05) is 32.0 Å². The number of rotatable bonds is 7. The van der Waals surface area contributed by atoms with Crippen LogP contribution >= 0.6 is 0 Å². The van der Waals surface area contributed by atoms with Gasteiger partial charge in [-0.25, -0.2) is 4.98 Å². The van der Waals surface area contributed by atoms with Gasteiger partial charge < -0.3 is 10.3 Å². The molecule has 0 saturated carbocycles. The van der Waals surface area contributed by atoms with E-state index in [-0.39, 0.29) is 5.78 Å². The van der Waals surface area contributed by atoms with Gasteiger partial charge in [0.1, 0.15) is 5.82 Å². The number of fused-ring (bicyclic) bond motifs is 1. The number of nitrogens with two attached hydrogens (primary N) is 1. The Morgan fingerprint density at radius 2 is 1.90 bits per heavy atom. The van der Waals surface area contributed by atoms with E-state index in [1.54, 1.807) is 0 Å². The van der Waals surface area contributed by atoms with Crippen molar-refractivity contribution in [3.05, 3.63) is 30.1 Å². The van der Waals surface area contributed by atoms with E-state index in [0.717, 1.165) is 29.8 Å². The zero-order valence-corrected chi connectivity index (χ0v) is 13.2. The smallest absolute Gasteiger partial charge is 0.160 e. The maximum absolute atomic E-state index is 12.6. The summed E-state index contributed by atoms with van der Waals surface area (Å²) in [5.41, 5.74) is 7.54. The minimum atomic E-state index is -0.727. The maximum atomic E-state index is 12.6. The summed E-state index contributed by atoms with van der Waals surface area (Å²) in [6, 6.07) is 8.03. The molecule has 0 aliphatic carbocycles. The Labute approximate surface area is 126 Å². The number of aryl methyl sites for hydroxylation is 1. The van der Waals surface area contributed by atoms with Crippen LogP contribution in [0.25, 0.3) is 11.0 Å². The van der Waals surface area contributed by atoms with Crippen LogP contribution in [0, 0.1) is 0 Å². The normalized spacial score (nSPS) is 12.0. The van der Waals surface area contributed by atoms with Crippen LogP contribution in [-0.2, 0) is 17.8 Å². The molecule has 0 aliphatic rings. The van der Waals surface area contributed by atoms with Gasteiger partial charge in [0.05, 0.1) is 23.0 Å². The van der Waals surface area contributed by atoms with Crippen LogP contribution in [0.15, 0.2) is 24.3 Å². The Bertz CT molecular complexity index is 626. The van der Waals surface area contributed by atoms with Gasteiger partial charge >= 0.3 is 0 Å².